The normalized spacial score (nSPS) is 15.9. The summed E-state index contributed by atoms with van der Waals surface area (Å²) < 4.78 is 25.6. The quantitative estimate of drug-likeness (QED) is 0.0496. The predicted molar refractivity (Wildman–Crippen MR) is 235 cm³/mol. The lowest BCUT2D eigenvalue weighted by atomic mass is 9.69. The minimum absolute atomic E-state index is 0.106. The number of hydrogen-bond donors (Lipinski definition) is 4. The number of aliphatic hydroxyl groups is 4. The van der Waals surface area contributed by atoms with Crippen molar-refractivity contribution in [3.63, 3.8) is 0 Å². The van der Waals surface area contributed by atoms with Crippen molar-refractivity contribution >= 4 is 0 Å². The minimum atomic E-state index is -0.965. The van der Waals surface area contributed by atoms with Crippen molar-refractivity contribution in [2.75, 3.05) is 13.2 Å². The van der Waals surface area contributed by atoms with Gasteiger partial charge < -0.3 is 39.4 Å². The van der Waals surface area contributed by atoms with E-state index >= 15 is 0 Å². The van der Waals surface area contributed by atoms with Gasteiger partial charge in [-0.1, -0.05) is 177 Å². The molecule has 4 rings (SSSR count). The molecular formula is C51H72O8. The fourth-order valence-electron chi connectivity index (χ4n) is 7.21. The average molecular weight is 813 g/mol. The van der Waals surface area contributed by atoms with E-state index in [1.165, 1.54) is 0 Å². The van der Waals surface area contributed by atoms with E-state index in [1.807, 2.05) is 177 Å². The SMILES string of the molecule is CC(C)(COCc1ccccc1)[C@H](O)C[C@@H](O)C(C)(C)[C@H](C[C@H](OCc1ccccc1)C(C)(C)[C@H](O)C[C@@H](O)C(C)(C)COCc1ccccc1)OCc1ccccc1. The molecule has 4 aromatic carbocycles. The molecule has 0 heterocycles. The first-order valence-corrected chi connectivity index (χ1v) is 21.2. The van der Waals surface area contributed by atoms with Crippen LogP contribution in [0.15, 0.2) is 121 Å². The fraction of sp³-hybridized carbons (Fsp3) is 0.529. The van der Waals surface area contributed by atoms with E-state index in [0.717, 1.165) is 22.3 Å². The molecule has 0 aliphatic heterocycles. The lowest BCUT2D eigenvalue weighted by molar-refractivity contribution is -0.161. The molecule has 0 aliphatic rings. The molecule has 0 radical (unpaired) electrons. The lowest BCUT2D eigenvalue weighted by Crippen LogP contribution is -2.51. The highest BCUT2D eigenvalue weighted by molar-refractivity contribution is 5.16. The van der Waals surface area contributed by atoms with Crippen LogP contribution in [0.25, 0.3) is 0 Å². The van der Waals surface area contributed by atoms with Gasteiger partial charge in [0, 0.05) is 40.9 Å². The standard InChI is InChI=1S/C51H72O8/c1-48(2,36-56-32-38-21-13-9-14-22-38)42(52)29-44(54)50(5,6)46(58-34-40-25-17-11-18-26-40)31-47(59-35-41-27-19-12-20-28-41)51(7,8)45(55)30-43(53)49(3,4)37-57-33-39-23-15-10-16-24-39/h9-28,42-47,52-55H,29-37H2,1-8H3/t42-,43-,44-,45-,46+,47+/m1/s1. The first-order chi connectivity index (χ1) is 27.9. The van der Waals surface area contributed by atoms with E-state index in [9.17, 15) is 20.4 Å². The second-order valence-electron chi connectivity index (χ2n) is 18.9. The molecule has 6 atom stereocenters. The Balaban J connectivity index is 1.54. The van der Waals surface area contributed by atoms with Crippen molar-refractivity contribution in [2.45, 2.75) is 138 Å². The van der Waals surface area contributed by atoms with Crippen LogP contribution in [0.3, 0.4) is 0 Å². The maximum Gasteiger partial charge on any atom is 0.0720 e. The summed E-state index contributed by atoms with van der Waals surface area (Å²) in [6.45, 7) is 17.8. The maximum absolute atomic E-state index is 12.1. The molecule has 4 aromatic rings. The third-order valence-corrected chi connectivity index (χ3v) is 12.3. The van der Waals surface area contributed by atoms with Crippen molar-refractivity contribution in [1.29, 1.82) is 0 Å². The molecule has 0 saturated carbocycles. The zero-order chi connectivity index (χ0) is 43.1. The van der Waals surface area contributed by atoms with E-state index in [4.69, 9.17) is 18.9 Å². The number of hydrogen-bond acceptors (Lipinski definition) is 8. The van der Waals surface area contributed by atoms with Crippen molar-refractivity contribution in [3.05, 3.63) is 144 Å². The number of ether oxygens (including phenoxy) is 4. The highest BCUT2D eigenvalue weighted by atomic mass is 16.5. The van der Waals surface area contributed by atoms with Gasteiger partial charge in [-0.2, -0.15) is 0 Å². The molecule has 324 valence electrons. The highest BCUT2D eigenvalue weighted by Crippen LogP contribution is 2.42. The second-order valence-corrected chi connectivity index (χ2v) is 18.9. The molecule has 0 saturated heterocycles. The van der Waals surface area contributed by atoms with Gasteiger partial charge in [0.1, 0.15) is 0 Å². The van der Waals surface area contributed by atoms with Gasteiger partial charge in [0.25, 0.3) is 0 Å². The molecule has 8 nitrogen and oxygen atoms in total. The summed E-state index contributed by atoms with van der Waals surface area (Å²) in [5.74, 6) is 0. The molecular weight excluding hydrogens is 741 g/mol. The Morgan fingerprint density at radius 1 is 0.373 bits per heavy atom. The van der Waals surface area contributed by atoms with Crippen LogP contribution in [0.1, 0.15) is 96.9 Å². The summed E-state index contributed by atoms with van der Waals surface area (Å²) in [5.41, 5.74) is 1.07. The first kappa shape index (κ1) is 48.2. The average Bonchev–Trinajstić information content (AvgIpc) is 3.21. The Morgan fingerprint density at radius 3 is 0.932 bits per heavy atom. The summed E-state index contributed by atoms with van der Waals surface area (Å²) >= 11 is 0. The number of rotatable bonds is 26. The Morgan fingerprint density at radius 2 is 0.644 bits per heavy atom. The van der Waals surface area contributed by atoms with Gasteiger partial charge >= 0.3 is 0 Å². The summed E-state index contributed by atoms with van der Waals surface area (Å²) in [6, 6.07) is 39.7. The third kappa shape index (κ3) is 14.9. The number of benzene rings is 4. The summed E-state index contributed by atoms with van der Waals surface area (Å²) in [7, 11) is 0. The summed E-state index contributed by atoms with van der Waals surface area (Å²) in [6.07, 6.45) is -4.26. The lowest BCUT2D eigenvalue weighted by Gasteiger charge is -2.46. The topological polar surface area (TPSA) is 118 Å². The van der Waals surface area contributed by atoms with Crippen LogP contribution in [0.4, 0.5) is 0 Å². The maximum atomic E-state index is 12.1. The van der Waals surface area contributed by atoms with E-state index in [0.29, 0.717) is 46.1 Å². The highest BCUT2D eigenvalue weighted by Gasteiger charge is 2.46. The van der Waals surface area contributed by atoms with E-state index < -0.39 is 58.3 Å². The molecule has 8 heteroatoms. The van der Waals surface area contributed by atoms with Crippen LogP contribution >= 0.6 is 0 Å². The van der Waals surface area contributed by atoms with Crippen LogP contribution in [0.5, 0.6) is 0 Å². The summed E-state index contributed by atoms with van der Waals surface area (Å²) in [4.78, 5) is 0. The molecule has 0 aliphatic carbocycles. The van der Waals surface area contributed by atoms with Gasteiger partial charge in [0.15, 0.2) is 0 Å². The first-order valence-electron chi connectivity index (χ1n) is 21.2. The smallest absolute Gasteiger partial charge is 0.0720 e. The van der Waals surface area contributed by atoms with Crippen LogP contribution < -0.4 is 0 Å². The van der Waals surface area contributed by atoms with E-state index in [1.54, 1.807) is 0 Å². The second kappa shape index (κ2) is 22.4. The molecule has 0 aromatic heterocycles. The van der Waals surface area contributed by atoms with E-state index in [2.05, 4.69) is 0 Å². The van der Waals surface area contributed by atoms with Crippen LogP contribution in [-0.4, -0.2) is 70.3 Å². The van der Waals surface area contributed by atoms with E-state index in [-0.39, 0.29) is 12.8 Å². The molecule has 0 amide bonds. The van der Waals surface area contributed by atoms with Crippen molar-refractivity contribution in [1.82, 2.24) is 0 Å². The van der Waals surface area contributed by atoms with Crippen LogP contribution in [0, 0.1) is 21.7 Å². The Bertz CT molecular complexity index is 1600. The monoisotopic (exact) mass is 813 g/mol. The van der Waals surface area contributed by atoms with Gasteiger partial charge in [0.05, 0.1) is 76.3 Å². The van der Waals surface area contributed by atoms with Crippen molar-refractivity contribution < 1.29 is 39.4 Å². The molecule has 0 bridgehead atoms. The molecule has 0 fully saturated rings. The zero-order valence-electron chi connectivity index (χ0n) is 36.8. The number of aliphatic hydroxyl groups excluding tert-OH is 4. The van der Waals surface area contributed by atoms with Gasteiger partial charge in [0.2, 0.25) is 0 Å². The largest absolute Gasteiger partial charge is 0.392 e. The van der Waals surface area contributed by atoms with Crippen molar-refractivity contribution in [2.24, 2.45) is 21.7 Å². The molecule has 4 N–H and O–H groups in total. The van der Waals surface area contributed by atoms with Crippen molar-refractivity contribution in [3.8, 4) is 0 Å². The molecule has 59 heavy (non-hydrogen) atoms. The molecule has 0 spiro atoms. The Hall–Kier alpha value is -3.44. The van der Waals surface area contributed by atoms with Gasteiger partial charge in [-0.05, 0) is 22.3 Å². The zero-order valence-corrected chi connectivity index (χ0v) is 36.8. The van der Waals surface area contributed by atoms with Gasteiger partial charge in [-0.15, -0.1) is 0 Å². The van der Waals surface area contributed by atoms with Crippen LogP contribution in [0.2, 0.25) is 0 Å². The summed E-state index contributed by atoms with van der Waals surface area (Å²) in [5, 5.41) is 47.3. The Kier molecular flexibility index (Phi) is 18.3. The van der Waals surface area contributed by atoms with Gasteiger partial charge in [-0.25, -0.2) is 0 Å². The predicted octanol–water partition coefficient (Wildman–Crippen LogP) is 9.31. The van der Waals surface area contributed by atoms with Gasteiger partial charge in [-0.3, -0.25) is 0 Å². The van der Waals surface area contributed by atoms with Crippen LogP contribution in [-0.2, 0) is 45.4 Å². The Labute approximate surface area is 354 Å². The fourth-order valence-corrected chi connectivity index (χ4v) is 7.21. The molecule has 0 unspecified atom stereocenters. The minimum Gasteiger partial charge on any atom is -0.392 e. The third-order valence-electron chi connectivity index (χ3n) is 12.3.